The Kier molecular flexibility index (Phi) is 30.5. The van der Waals surface area contributed by atoms with Gasteiger partial charge in [0.15, 0.2) is 0 Å². The lowest BCUT2D eigenvalue weighted by Gasteiger charge is -2.04. The van der Waals surface area contributed by atoms with E-state index in [1.165, 1.54) is 141 Å². The third kappa shape index (κ3) is 26.7. The summed E-state index contributed by atoms with van der Waals surface area (Å²) in [5, 5.41) is 0. The Bertz CT molecular complexity index is 198. The molecule has 0 bridgehead atoms. The summed E-state index contributed by atoms with van der Waals surface area (Å²) >= 11 is 0. The van der Waals surface area contributed by atoms with Gasteiger partial charge in [0.05, 0.1) is 6.54 Å². The molecule has 0 spiro atoms. The van der Waals surface area contributed by atoms with E-state index < -0.39 is 0 Å². The molecule has 3 N–H and O–H groups in total. The molecule has 160 valence electrons. The summed E-state index contributed by atoms with van der Waals surface area (Å²) in [6.45, 7) is 3.42. The molecule has 0 radical (unpaired) electrons. The van der Waals surface area contributed by atoms with Gasteiger partial charge in [-0.15, -0.1) is 0 Å². The highest BCUT2D eigenvalue weighted by molar-refractivity contribution is 4.51. The fourth-order valence-electron chi connectivity index (χ4n) is 3.79. The summed E-state index contributed by atoms with van der Waals surface area (Å²) in [6.07, 6.45) is 32.2. The van der Waals surface area contributed by atoms with Crippen molar-refractivity contribution in [1.29, 1.82) is 0 Å². The molecule has 26 heavy (non-hydrogen) atoms. The molecule has 0 aliphatic rings. The highest BCUT2D eigenvalue weighted by Gasteiger charge is 1.95. The lowest BCUT2D eigenvalue weighted by Crippen LogP contribution is -3.00. The molecule has 0 fully saturated rings. The number of hydrogen-bond donors (Lipinski definition) is 1. The minimum absolute atomic E-state index is 0. The maximum Gasteiger partial charge on any atom is 0.0739 e. The molecule has 0 aromatic rings. The van der Waals surface area contributed by atoms with E-state index in [1.807, 2.05) is 0 Å². The minimum Gasteiger partial charge on any atom is -1.00 e. The SMILES string of the molecule is CCCCCCCCCCCCCCCCCCCCCCCC[NH3+].[Br-]. The Morgan fingerprint density at radius 2 is 0.538 bits per heavy atom. The normalized spacial score (nSPS) is 10.8. The molecule has 0 heterocycles. The third-order valence-electron chi connectivity index (χ3n) is 5.60. The Labute approximate surface area is 177 Å². The van der Waals surface area contributed by atoms with Gasteiger partial charge >= 0.3 is 0 Å². The van der Waals surface area contributed by atoms with Gasteiger partial charge < -0.3 is 22.7 Å². The van der Waals surface area contributed by atoms with E-state index in [-0.39, 0.29) is 17.0 Å². The summed E-state index contributed by atoms with van der Waals surface area (Å²) in [7, 11) is 0. The van der Waals surface area contributed by atoms with Crippen molar-refractivity contribution in [1.82, 2.24) is 0 Å². The molecular weight excluding hydrogens is 382 g/mol. The van der Waals surface area contributed by atoms with Gasteiger partial charge in [-0.3, -0.25) is 0 Å². The zero-order valence-electron chi connectivity index (χ0n) is 18.3. The molecule has 0 aliphatic heterocycles. The van der Waals surface area contributed by atoms with Crippen molar-refractivity contribution >= 4 is 0 Å². The third-order valence-corrected chi connectivity index (χ3v) is 5.60. The predicted octanol–water partition coefficient (Wildman–Crippen LogP) is 4.83. The largest absolute Gasteiger partial charge is 1.00 e. The van der Waals surface area contributed by atoms with E-state index in [9.17, 15) is 0 Å². The van der Waals surface area contributed by atoms with Crippen molar-refractivity contribution in [3.63, 3.8) is 0 Å². The summed E-state index contributed by atoms with van der Waals surface area (Å²) in [6, 6.07) is 0. The van der Waals surface area contributed by atoms with Crippen LogP contribution in [0.1, 0.15) is 148 Å². The molecule has 0 aromatic carbocycles. The van der Waals surface area contributed by atoms with Crippen molar-refractivity contribution in [2.75, 3.05) is 6.54 Å². The lowest BCUT2D eigenvalue weighted by atomic mass is 10.0. The molecule has 2 heteroatoms. The van der Waals surface area contributed by atoms with Crippen molar-refractivity contribution in [3.05, 3.63) is 0 Å². The maximum atomic E-state index is 3.91. The lowest BCUT2D eigenvalue weighted by molar-refractivity contribution is -0.368. The minimum atomic E-state index is 0. The zero-order valence-corrected chi connectivity index (χ0v) is 19.9. The molecule has 1 nitrogen and oxygen atoms in total. The molecule has 0 amide bonds. The second kappa shape index (κ2) is 27.7. The van der Waals surface area contributed by atoms with Gasteiger partial charge in [-0.05, 0) is 12.8 Å². The predicted molar refractivity (Wildman–Crippen MR) is 115 cm³/mol. The second-order valence-electron chi connectivity index (χ2n) is 8.28. The summed E-state index contributed by atoms with van der Waals surface area (Å²) in [4.78, 5) is 0. The highest BCUT2D eigenvalue weighted by Crippen LogP contribution is 2.15. The smallest absolute Gasteiger partial charge is 0.0739 e. The fourth-order valence-corrected chi connectivity index (χ4v) is 3.79. The Balaban J connectivity index is 0. The van der Waals surface area contributed by atoms with Gasteiger partial charge in [0, 0.05) is 0 Å². The van der Waals surface area contributed by atoms with Crippen LogP contribution in [0.4, 0.5) is 0 Å². The average molecular weight is 435 g/mol. The first kappa shape index (κ1) is 28.6. The topological polar surface area (TPSA) is 27.6 Å². The average Bonchev–Trinajstić information content (AvgIpc) is 2.63. The molecule has 0 aromatic heterocycles. The van der Waals surface area contributed by atoms with Crippen LogP contribution in [0.15, 0.2) is 0 Å². The summed E-state index contributed by atoms with van der Waals surface area (Å²) in [5.74, 6) is 0. The summed E-state index contributed by atoms with van der Waals surface area (Å²) in [5.41, 5.74) is 3.91. The Morgan fingerprint density at radius 1 is 0.346 bits per heavy atom. The van der Waals surface area contributed by atoms with Gasteiger partial charge in [-0.25, -0.2) is 0 Å². The van der Waals surface area contributed by atoms with E-state index in [0.29, 0.717) is 0 Å². The monoisotopic (exact) mass is 433 g/mol. The number of unbranched alkanes of at least 4 members (excludes halogenated alkanes) is 21. The van der Waals surface area contributed by atoms with Crippen LogP contribution in [0.2, 0.25) is 0 Å². The van der Waals surface area contributed by atoms with Gasteiger partial charge in [-0.2, -0.15) is 0 Å². The number of quaternary nitrogens is 1. The van der Waals surface area contributed by atoms with Crippen LogP contribution in [0.5, 0.6) is 0 Å². The van der Waals surface area contributed by atoms with Crippen LogP contribution < -0.4 is 22.7 Å². The van der Waals surface area contributed by atoms with Crippen molar-refractivity contribution in [2.24, 2.45) is 0 Å². The van der Waals surface area contributed by atoms with Crippen molar-refractivity contribution < 1.29 is 22.7 Å². The molecule has 0 saturated heterocycles. The molecule has 0 saturated carbocycles. The Morgan fingerprint density at radius 3 is 0.731 bits per heavy atom. The van der Waals surface area contributed by atoms with Crippen LogP contribution in [-0.2, 0) is 0 Å². The van der Waals surface area contributed by atoms with Crippen LogP contribution in [-0.4, -0.2) is 6.54 Å². The first-order valence-corrected chi connectivity index (χ1v) is 12.2. The van der Waals surface area contributed by atoms with E-state index in [2.05, 4.69) is 12.7 Å². The molecular formula is C24H52BrN. The first-order chi connectivity index (χ1) is 12.4. The van der Waals surface area contributed by atoms with Crippen LogP contribution in [0, 0.1) is 0 Å². The van der Waals surface area contributed by atoms with E-state index in [1.54, 1.807) is 0 Å². The van der Waals surface area contributed by atoms with E-state index in [4.69, 9.17) is 0 Å². The van der Waals surface area contributed by atoms with Gasteiger partial charge in [0.2, 0.25) is 0 Å². The maximum absolute atomic E-state index is 3.91. The molecule has 0 rings (SSSR count). The van der Waals surface area contributed by atoms with Crippen molar-refractivity contribution in [2.45, 2.75) is 148 Å². The standard InChI is InChI=1S/C24H51N.BrH/c1-2-3-4-5-6-7-8-9-10-11-12-13-14-15-16-17-18-19-20-21-22-23-24-25;/h2-25H2,1H3;1H. The number of halogens is 1. The number of rotatable bonds is 22. The van der Waals surface area contributed by atoms with Crippen LogP contribution >= 0.6 is 0 Å². The zero-order chi connectivity index (χ0) is 18.3. The summed E-state index contributed by atoms with van der Waals surface area (Å²) < 4.78 is 0. The highest BCUT2D eigenvalue weighted by atomic mass is 79.9. The van der Waals surface area contributed by atoms with Gasteiger partial charge in [0.1, 0.15) is 0 Å². The number of hydrogen-bond acceptors (Lipinski definition) is 0. The van der Waals surface area contributed by atoms with Gasteiger partial charge in [0.25, 0.3) is 0 Å². The molecule has 0 atom stereocenters. The second-order valence-corrected chi connectivity index (χ2v) is 8.28. The fraction of sp³-hybridized carbons (Fsp3) is 1.00. The molecule has 0 unspecified atom stereocenters. The first-order valence-electron chi connectivity index (χ1n) is 12.2. The Hall–Kier alpha value is 0.440. The van der Waals surface area contributed by atoms with Crippen LogP contribution in [0.3, 0.4) is 0 Å². The quantitative estimate of drug-likeness (QED) is 0.236. The van der Waals surface area contributed by atoms with E-state index in [0.717, 1.165) is 6.54 Å². The molecule has 0 aliphatic carbocycles. The van der Waals surface area contributed by atoms with Gasteiger partial charge in [-0.1, -0.05) is 135 Å². The van der Waals surface area contributed by atoms with Crippen molar-refractivity contribution in [3.8, 4) is 0 Å². The van der Waals surface area contributed by atoms with Crippen LogP contribution in [0.25, 0.3) is 0 Å². The van der Waals surface area contributed by atoms with E-state index >= 15 is 0 Å².